The van der Waals surface area contributed by atoms with Crippen LogP contribution >= 0.6 is 15.9 Å². The predicted molar refractivity (Wildman–Crippen MR) is 129 cm³/mol. The van der Waals surface area contributed by atoms with Crippen LogP contribution in [-0.4, -0.2) is 32.9 Å². The van der Waals surface area contributed by atoms with E-state index in [1.807, 2.05) is 24.3 Å². The van der Waals surface area contributed by atoms with Crippen molar-refractivity contribution in [1.82, 2.24) is 9.55 Å². The van der Waals surface area contributed by atoms with Crippen LogP contribution < -0.4 is 10.5 Å². The molecule has 1 aromatic carbocycles. The number of carbonyl (C=O) groups is 2. The predicted octanol–water partition coefficient (Wildman–Crippen LogP) is 5.49. The summed E-state index contributed by atoms with van der Waals surface area (Å²) in [4.78, 5) is 44.1. The first-order valence-electron chi connectivity index (χ1n) is 10.8. The lowest BCUT2D eigenvalue weighted by Gasteiger charge is -2.28. The van der Waals surface area contributed by atoms with Gasteiger partial charge in [0.05, 0.1) is 5.69 Å². The van der Waals surface area contributed by atoms with Crippen molar-refractivity contribution >= 4 is 34.1 Å². The highest BCUT2D eigenvalue weighted by Gasteiger charge is 2.42. The Labute approximate surface area is 202 Å². The van der Waals surface area contributed by atoms with Gasteiger partial charge in [0, 0.05) is 23.5 Å². The van der Waals surface area contributed by atoms with Gasteiger partial charge in [-0.2, -0.15) is 0 Å². The van der Waals surface area contributed by atoms with Crippen molar-refractivity contribution in [3.63, 3.8) is 0 Å². The zero-order valence-electron chi connectivity index (χ0n) is 20.0. The second kappa shape index (κ2) is 8.93. The molecule has 1 aliphatic carbocycles. The second-order valence-electron chi connectivity index (χ2n) is 10.2. The Morgan fingerprint density at radius 2 is 1.61 bits per heavy atom. The summed E-state index contributed by atoms with van der Waals surface area (Å²) in [5.74, 6) is 0.0680. The highest BCUT2D eigenvalue weighted by Crippen LogP contribution is 2.54. The molecule has 0 aliphatic heterocycles. The van der Waals surface area contributed by atoms with Crippen LogP contribution in [0.15, 0.2) is 39.6 Å². The Hall–Kier alpha value is -2.68. The van der Waals surface area contributed by atoms with Gasteiger partial charge in [-0.15, -0.1) is 4.90 Å². The third-order valence-electron chi connectivity index (χ3n) is 4.93. The first kappa shape index (κ1) is 25.0. The molecule has 3 rings (SSSR count). The molecule has 0 bridgehead atoms. The molecule has 2 atom stereocenters. The van der Waals surface area contributed by atoms with E-state index in [9.17, 15) is 14.4 Å². The number of hydrogen-bond acceptors (Lipinski definition) is 6. The summed E-state index contributed by atoms with van der Waals surface area (Å²) in [6, 6.07) is 9.44. The molecule has 1 aromatic heterocycles. The number of imide groups is 1. The van der Waals surface area contributed by atoms with Gasteiger partial charge < -0.3 is 9.47 Å². The van der Waals surface area contributed by atoms with E-state index >= 15 is 0 Å². The highest BCUT2D eigenvalue weighted by molar-refractivity contribution is 9.10. The highest BCUT2D eigenvalue weighted by atomic mass is 79.9. The lowest BCUT2D eigenvalue weighted by atomic mass is 10.1. The van der Waals surface area contributed by atoms with E-state index in [2.05, 4.69) is 20.9 Å². The van der Waals surface area contributed by atoms with Gasteiger partial charge in [-0.1, -0.05) is 28.1 Å². The normalized spacial score (nSPS) is 17.9. The van der Waals surface area contributed by atoms with E-state index in [-0.39, 0.29) is 23.3 Å². The minimum Gasteiger partial charge on any atom is -0.443 e. The summed E-state index contributed by atoms with van der Waals surface area (Å²) in [5.41, 5.74) is -0.455. The number of amides is 2. The van der Waals surface area contributed by atoms with Crippen LogP contribution in [0.1, 0.15) is 71.1 Å². The molecule has 1 fully saturated rings. The molecule has 1 heterocycles. The zero-order valence-corrected chi connectivity index (χ0v) is 21.6. The Balaban J connectivity index is 2.01. The number of benzene rings is 1. The molecule has 0 saturated heterocycles. The van der Waals surface area contributed by atoms with Gasteiger partial charge in [0.15, 0.2) is 0 Å². The smallest absolute Gasteiger partial charge is 0.427 e. The van der Waals surface area contributed by atoms with Crippen LogP contribution in [0.2, 0.25) is 0 Å². The van der Waals surface area contributed by atoms with Gasteiger partial charge >= 0.3 is 12.2 Å². The molecule has 0 radical (unpaired) electrons. The maximum absolute atomic E-state index is 13.0. The number of ether oxygens (including phenoxy) is 2. The van der Waals surface area contributed by atoms with Gasteiger partial charge in [0.1, 0.15) is 11.2 Å². The van der Waals surface area contributed by atoms with Crippen molar-refractivity contribution in [2.24, 2.45) is 7.05 Å². The minimum atomic E-state index is -0.962. The first-order chi connectivity index (χ1) is 15.2. The number of carbonyl (C=O) groups excluding carboxylic acids is 2. The molecule has 0 N–H and O–H groups in total. The summed E-state index contributed by atoms with van der Waals surface area (Å²) >= 11 is 3.49. The molecule has 2 amide bonds. The Kier molecular flexibility index (Phi) is 6.75. The molecule has 9 heteroatoms. The molecule has 8 nitrogen and oxygen atoms in total. The number of hydrogen-bond donors (Lipinski definition) is 0. The van der Waals surface area contributed by atoms with E-state index in [1.54, 1.807) is 41.5 Å². The largest absolute Gasteiger partial charge is 0.443 e. The molecule has 33 heavy (non-hydrogen) atoms. The summed E-state index contributed by atoms with van der Waals surface area (Å²) in [7, 11) is 1.45. The average molecular weight is 520 g/mol. The molecule has 0 unspecified atom stereocenters. The van der Waals surface area contributed by atoms with E-state index in [0.717, 1.165) is 21.0 Å². The van der Waals surface area contributed by atoms with Crippen LogP contribution in [0.5, 0.6) is 0 Å². The van der Waals surface area contributed by atoms with Crippen LogP contribution in [0.4, 0.5) is 15.5 Å². The summed E-state index contributed by atoms with van der Waals surface area (Å²) in [6.45, 7) is 10.1. The van der Waals surface area contributed by atoms with E-state index in [0.29, 0.717) is 10.6 Å². The van der Waals surface area contributed by atoms with Crippen LogP contribution in [0.3, 0.4) is 0 Å². The van der Waals surface area contributed by atoms with Gasteiger partial charge in [-0.3, -0.25) is 9.36 Å². The van der Waals surface area contributed by atoms with Gasteiger partial charge in [0.2, 0.25) is 5.95 Å². The van der Waals surface area contributed by atoms with E-state index < -0.39 is 23.4 Å². The van der Waals surface area contributed by atoms with Crippen molar-refractivity contribution in [3.05, 3.63) is 56.4 Å². The van der Waals surface area contributed by atoms with Gasteiger partial charge in [0.25, 0.3) is 5.56 Å². The van der Waals surface area contributed by atoms with Gasteiger partial charge in [-0.25, -0.2) is 14.6 Å². The summed E-state index contributed by atoms with van der Waals surface area (Å²) < 4.78 is 13.0. The van der Waals surface area contributed by atoms with Crippen molar-refractivity contribution in [3.8, 4) is 0 Å². The SMILES string of the molecule is Cn1c(N(C(=O)OC(C)(C)C)C(=O)OC(C)(C)C)nc([C@@H]2C[C@@H]2c2cccc(Br)c2)cc1=O. The molecular formula is C24H30BrN3O5. The maximum atomic E-state index is 13.0. The third-order valence-corrected chi connectivity index (χ3v) is 5.42. The van der Waals surface area contributed by atoms with Crippen molar-refractivity contribution in [2.75, 3.05) is 4.90 Å². The van der Waals surface area contributed by atoms with Crippen LogP contribution in [-0.2, 0) is 16.5 Å². The zero-order chi connectivity index (χ0) is 24.7. The fourth-order valence-corrected chi connectivity index (χ4v) is 3.83. The lowest BCUT2D eigenvalue weighted by molar-refractivity contribution is 0.0425. The fourth-order valence-electron chi connectivity index (χ4n) is 3.42. The molecular weight excluding hydrogens is 490 g/mol. The molecule has 1 saturated carbocycles. The molecule has 2 aromatic rings. The minimum absolute atomic E-state index is 0.00562. The first-order valence-corrected chi connectivity index (χ1v) is 11.5. The van der Waals surface area contributed by atoms with E-state index in [1.165, 1.54) is 13.1 Å². The Morgan fingerprint density at radius 1 is 1.03 bits per heavy atom. The summed E-state index contributed by atoms with van der Waals surface area (Å²) in [6.07, 6.45) is -1.11. The van der Waals surface area contributed by atoms with Crippen LogP contribution in [0, 0.1) is 0 Å². The van der Waals surface area contributed by atoms with Crippen molar-refractivity contribution in [1.29, 1.82) is 0 Å². The number of halogens is 1. The standard InChI is InChI=1S/C24H30BrN3O5/c1-23(2,3)32-21(30)28(22(31)33-24(4,5)6)20-26-18(13-19(29)27(20)7)17-12-16(17)14-9-8-10-15(25)11-14/h8-11,13,16-17H,12H2,1-7H3/t16-,17-/m1/s1. The van der Waals surface area contributed by atoms with Crippen molar-refractivity contribution in [2.45, 2.75) is 71.0 Å². The fraction of sp³-hybridized carbons (Fsp3) is 0.500. The van der Waals surface area contributed by atoms with E-state index in [4.69, 9.17) is 9.47 Å². The second-order valence-corrected chi connectivity index (χ2v) is 11.1. The quantitative estimate of drug-likeness (QED) is 0.532. The maximum Gasteiger partial charge on any atom is 0.427 e. The van der Waals surface area contributed by atoms with Gasteiger partial charge in [-0.05, 0) is 71.6 Å². The molecule has 0 spiro atoms. The average Bonchev–Trinajstić information content (AvgIpc) is 3.43. The Bertz CT molecular complexity index is 1100. The number of nitrogens with zero attached hydrogens (tertiary/aromatic N) is 3. The molecule has 178 valence electrons. The number of aromatic nitrogens is 2. The topological polar surface area (TPSA) is 90.7 Å². The third kappa shape index (κ3) is 6.22. The number of anilines is 1. The van der Waals surface area contributed by atoms with Crippen molar-refractivity contribution < 1.29 is 19.1 Å². The molecule has 1 aliphatic rings. The number of rotatable bonds is 3. The lowest BCUT2D eigenvalue weighted by Crippen LogP contribution is -2.46. The summed E-state index contributed by atoms with van der Waals surface area (Å²) in [5, 5.41) is 0. The van der Waals surface area contributed by atoms with Crippen LogP contribution in [0.25, 0.3) is 0 Å². The Morgan fingerprint density at radius 3 is 2.12 bits per heavy atom. The monoisotopic (exact) mass is 519 g/mol.